The molecule has 0 spiro atoms. The highest BCUT2D eigenvalue weighted by molar-refractivity contribution is 7.98. The second-order valence-electron chi connectivity index (χ2n) is 3.70. The largest absolute Gasteiger partial charge is 0.440 e. The lowest BCUT2D eigenvalue weighted by atomic mass is 10.1. The summed E-state index contributed by atoms with van der Waals surface area (Å²) in [6.45, 7) is 1.79. The Kier molecular flexibility index (Phi) is 4.46. The van der Waals surface area contributed by atoms with Crippen LogP contribution in [-0.4, -0.2) is 16.7 Å². The third-order valence-corrected chi connectivity index (χ3v) is 3.14. The van der Waals surface area contributed by atoms with Crippen LogP contribution in [0, 0.1) is 18.8 Å². The summed E-state index contributed by atoms with van der Waals surface area (Å²) in [6.07, 6.45) is 1.65. The summed E-state index contributed by atoms with van der Waals surface area (Å²) in [5.41, 5.74) is 2.99. The van der Waals surface area contributed by atoms with Gasteiger partial charge in [0.25, 0.3) is 5.22 Å². The number of hydrogen-bond acceptors (Lipinski definition) is 4. The molecule has 0 aliphatic carbocycles. The fourth-order valence-electron chi connectivity index (χ4n) is 1.37. The summed E-state index contributed by atoms with van der Waals surface area (Å²) in [7, 11) is 0. The molecule has 0 radical (unpaired) electrons. The highest BCUT2D eigenvalue weighted by Gasteiger charge is 2.02. The van der Waals surface area contributed by atoms with Crippen molar-refractivity contribution in [2.45, 2.75) is 17.9 Å². The number of aliphatic hydroxyl groups is 1. The first-order valence-electron chi connectivity index (χ1n) is 5.51. The van der Waals surface area contributed by atoms with Gasteiger partial charge in [0, 0.05) is 11.3 Å². The first kappa shape index (κ1) is 12.7. The van der Waals surface area contributed by atoms with Gasteiger partial charge in [0.1, 0.15) is 12.9 Å². The van der Waals surface area contributed by atoms with Crippen LogP contribution in [0.3, 0.4) is 0 Å². The maximum absolute atomic E-state index is 8.60. The van der Waals surface area contributed by atoms with E-state index in [9.17, 15) is 0 Å². The van der Waals surface area contributed by atoms with Gasteiger partial charge in [0.15, 0.2) is 0 Å². The molecule has 0 unspecified atom stereocenters. The minimum Gasteiger partial charge on any atom is -0.440 e. The van der Waals surface area contributed by atoms with E-state index in [0.717, 1.165) is 17.0 Å². The van der Waals surface area contributed by atoms with E-state index in [1.807, 2.05) is 31.2 Å². The molecule has 1 aromatic heterocycles. The van der Waals surface area contributed by atoms with Crippen molar-refractivity contribution in [1.29, 1.82) is 0 Å². The quantitative estimate of drug-likeness (QED) is 0.680. The van der Waals surface area contributed by atoms with Gasteiger partial charge in [-0.3, -0.25) is 0 Å². The summed E-state index contributed by atoms with van der Waals surface area (Å²) in [5.74, 6) is 6.29. The average molecular weight is 259 g/mol. The number of nitrogens with zero attached hydrogens (tertiary/aromatic N) is 1. The van der Waals surface area contributed by atoms with Gasteiger partial charge in [-0.15, -0.1) is 0 Å². The van der Waals surface area contributed by atoms with Crippen molar-refractivity contribution in [2.75, 3.05) is 6.61 Å². The van der Waals surface area contributed by atoms with E-state index in [4.69, 9.17) is 9.52 Å². The number of rotatable bonds is 3. The molecule has 0 saturated carbocycles. The molecule has 1 aromatic carbocycles. The van der Waals surface area contributed by atoms with Gasteiger partial charge in [-0.1, -0.05) is 35.7 Å². The van der Waals surface area contributed by atoms with Gasteiger partial charge in [-0.05, 0) is 24.6 Å². The first-order chi connectivity index (χ1) is 8.78. The Balaban J connectivity index is 1.94. The van der Waals surface area contributed by atoms with E-state index in [0.29, 0.717) is 5.22 Å². The van der Waals surface area contributed by atoms with Crippen LogP contribution in [0.25, 0.3) is 0 Å². The van der Waals surface area contributed by atoms with E-state index >= 15 is 0 Å². The third-order valence-electron chi connectivity index (χ3n) is 2.23. The average Bonchev–Trinajstić information content (AvgIpc) is 2.81. The lowest BCUT2D eigenvalue weighted by Crippen LogP contribution is -1.82. The van der Waals surface area contributed by atoms with Crippen LogP contribution in [0.15, 0.2) is 40.2 Å². The summed E-state index contributed by atoms with van der Waals surface area (Å²) < 4.78 is 5.26. The van der Waals surface area contributed by atoms with Crippen LogP contribution in [0.4, 0.5) is 0 Å². The maximum Gasteiger partial charge on any atom is 0.256 e. The molecule has 1 N–H and O–H groups in total. The van der Waals surface area contributed by atoms with Crippen LogP contribution in [0.5, 0.6) is 0 Å². The Morgan fingerprint density at radius 2 is 2.11 bits per heavy atom. The summed E-state index contributed by atoms with van der Waals surface area (Å²) in [4.78, 5) is 4.23. The van der Waals surface area contributed by atoms with Gasteiger partial charge in [-0.2, -0.15) is 0 Å². The minimum absolute atomic E-state index is 0.110. The molecule has 1 heterocycles. The molecule has 0 bridgehead atoms. The predicted octanol–water partition coefficient (Wildman–Crippen LogP) is 2.62. The van der Waals surface area contributed by atoms with Gasteiger partial charge >= 0.3 is 0 Å². The molecule has 0 atom stereocenters. The molecule has 0 fully saturated rings. The van der Waals surface area contributed by atoms with Gasteiger partial charge < -0.3 is 9.52 Å². The van der Waals surface area contributed by atoms with Crippen molar-refractivity contribution in [2.24, 2.45) is 0 Å². The molecule has 18 heavy (non-hydrogen) atoms. The Morgan fingerprint density at radius 1 is 1.33 bits per heavy atom. The molecular weight excluding hydrogens is 246 g/mol. The Bertz CT molecular complexity index is 563. The van der Waals surface area contributed by atoms with Gasteiger partial charge in [0.05, 0.1) is 5.69 Å². The number of thioether (sulfide) groups is 1. The van der Waals surface area contributed by atoms with Crippen molar-refractivity contribution in [1.82, 2.24) is 4.98 Å². The topological polar surface area (TPSA) is 46.3 Å². The van der Waals surface area contributed by atoms with E-state index in [-0.39, 0.29) is 6.61 Å². The van der Waals surface area contributed by atoms with Crippen molar-refractivity contribution < 1.29 is 9.52 Å². The molecule has 0 aliphatic rings. The predicted molar refractivity (Wildman–Crippen MR) is 71.2 cm³/mol. The molecule has 0 aliphatic heterocycles. The SMILES string of the molecule is Cc1coc(SCc2ccc(C#CCO)cc2)n1. The minimum atomic E-state index is -0.110. The Labute approximate surface area is 110 Å². The van der Waals surface area contributed by atoms with Crippen LogP contribution < -0.4 is 0 Å². The standard InChI is InChI=1S/C14H13NO2S/c1-11-9-17-14(15-11)18-10-13-6-4-12(5-7-13)3-2-8-16/h4-7,9,16H,8,10H2,1H3. The summed E-state index contributed by atoms with van der Waals surface area (Å²) in [5, 5.41) is 9.29. The molecule has 2 rings (SSSR count). The number of aliphatic hydroxyl groups excluding tert-OH is 1. The van der Waals surface area contributed by atoms with Crippen LogP contribution in [0.2, 0.25) is 0 Å². The van der Waals surface area contributed by atoms with E-state index in [2.05, 4.69) is 16.8 Å². The third kappa shape index (κ3) is 3.66. The monoisotopic (exact) mass is 259 g/mol. The second kappa shape index (κ2) is 6.29. The van der Waals surface area contributed by atoms with Crippen LogP contribution >= 0.6 is 11.8 Å². The lowest BCUT2D eigenvalue weighted by Gasteiger charge is -1.98. The summed E-state index contributed by atoms with van der Waals surface area (Å²) in [6, 6.07) is 7.92. The molecule has 92 valence electrons. The number of benzene rings is 1. The zero-order chi connectivity index (χ0) is 12.8. The maximum atomic E-state index is 8.60. The zero-order valence-corrected chi connectivity index (χ0v) is 10.8. The van der Waals surface area contributed by atoms with Crippen LogP contribution in [0.1, 0.15) is 16.8 Å². The van der Waals surface area contributed by atoms with Crippen molar-refractivity contribution >= 4 is 11.8 Å². The summed E-state index contributed by atoms with van der Waals surface area (Å²) >= 11 is 1.56. The van der Waals surface area contributed by atoms with Crippen molar-refractivity contribution in [3.8, 4) is 11.8 Å². The number of aryl methyl sites for hydroxylation is 1. The number of aromatic nitrogens is 1. The molecule has 3 nitrogen and oxygen atoms in total. The fraction of sp³-hybridized carbons (Fsp3) is 0.214. The fourth-order valence-corrected chi connectivity index (χ4v) is 2.18. The Morgan fingerprint density at radius 3 is 2.72 bits per heavy atom. The normalized spacial score (nSPS) is 9.89. The molecule has 0 amide bonds. The van der Waals surface area contributed by atoms with Crippen LogP contribution in [-0.2, 0) is 5.75 Å². The van der Waals surface area contributed by atoms with Crippen molar-refractivity contribution in [3.05, 3.63) is 47.3 Å². The van der Waals surface area contributed by atoms with Gasteiger partial charge in [-0.25, -0.2) is 4.98 Å². The lowest BCUT2D eigenvalue weighted by molar-refractivity contribution is 0.350. The molecular formula is C14H13NO2S. The van der Waals surface area contributed by atoms with Gasteiger partial charge in [0.2, 0.25) is 0 Å². The van der Waals surface area contributed by atoms with Crippen molar-refractivity contribution in [3.63, 3.8) is 0 Å². The number of hydrogen-bond donors (Lipinski definition) is 1. The van der Waals surface area contributed by atoms with E-state index in [1.54, 1.807) is 18.0 Å². The second-order valence-corrected chi connectivity index (χ2v) is 4.63. The zero-order valence-electron chi connectivity index (χ0n) is 10.0. The number of oxazole rings is 1. The first-order valence-corrected chi connectivity index (χ1v) is 6.50. The van der Waals surface area contributed by atoms with E-state index < -0.39 is 0 Å². The highest BCUT2D eigenvalue weighted by atomic mass is 32.2. The Hall–Kier alpha value is -1.70. The smallest absolute Gasteiger partial charge is 0.256 e. The molecule has 4 heteroatoms. The highest BCUT2D eigenvalue weighted by Crippen LogP contribution is 2.21. The molecule has 2 aromatic rings. The molecule has 0 saturated heterocycles. The van der Waals surface area contributed by atoms with E-state index in [1.165, 1.54) is 5.56 Å².